The number of benzene rings is 1. The molecule has 0 atom stereocenters. The Morgan fingerprint density at radius 1 is 1.47 bits per heavy atom. The minimum atomic E-state index is -0.130. The van der Waals surface area contributed by atoms with Gasteiger partial charge < -0.3 is 16.0 Å². The van der Waals surface area contributed by atoms with Gasteiger partial charge in [0.2, 0.25) is 0 Å². The minimum Gasteiger partial charge on any atom is -0.397 e. The van der Waals surface area contributed by atoms with Gasteiger partial charge in [-0.05, 0) is 31.5 Å². The molecule has 104 valence electrons. The van der Waals surface area contributed by atoms with Crippen LogP contribution in [0.15, 0.2) is 18.2 Å². The lowest BCUT2D eigenvalue weighted by Gasteiger charge is -2.31. The number of amides is 1. The van der Waals surface area contributed by atoms with Gasteiger partial charge in [-0.2, -0.15) is 0 Å². The van der Waals surface area contributed by atoms with Gasteiger partial charge in [0.1, 0.15) is 0 Å². The number of nitrogens with zero attached hydrogens (tertiary/aromatic N) is 1. The van der Waals surface area contributed by atoms with Crippen molar-refractivity contribution in [3.8, 4) is 0 Å². The van der Waals surface area contributed by atoms with Crippen LogP contribution in [0.25, 0.3) is 0 Å². The van der Waals surface area contributed by atoms with Crippen molar-refractivity contribution in [3.05, 3.63) is 28.8 Å². The summed E-state index contributed by atoms with van der Waals surface area (Å²) in [5.74, 6) is -0.130. The number of nitrogen functional groups attached to an aromatic ring is 1. The fraction of sp³-hybridized carbons (Fsp3) is 0.500. The van der Waals surface area contributed by atoms with Crippen molar-refractivity contribution in [2.75, 3.05) is 25.4 Å². The largest absolute Gasteiger partial charge is 0.397 e. The second-order valence-corrected chi connectivity index (χ2v) is 5.29. The molecule has 1 heterocycles. The number of nitrogens with two attached hydrogens (primary N) is 1. The first kappa shape index (κ1) is 14.2. The molecule has 1 aliphatic heterocycles. The lowest BCUT2D eigenvalue weighted by molar-refractivity contribution is 0.0913. The molecule has 0 aliphatic carbocycles. The molecule has 0 aromatic heterocycles. The van der Waals surface area contributed by atoms with Crippen LogP contribution >= 0.6 is 11.6 Å². The number of nitrogens with one attached hydrogen (secondary N) is 1. The highest BCUT2D eigenvalue weighted by Gasteiger charge is 2.21. The molecule has 1 amide bonds. The van der Waals surface area contributed by atoms with Crippen molar-refractivity contribution in [1.29, 1.82) is 0 Å². The molecule has 3 N–H and O–H groups in total. The summed E-state index contributed by atoms with van der Waals surface area (Å²) < 4.78 is 0. The van der Waals surface area contributed by atoms with Gasteiger partial charge >= 0.3 is 0 Å². The highest BCUT2D eigenvalue weighted by molar-refractivity contribution is 6.33. The van der Waals surface area contributed by atoms with Gasteiger partial charge in [0.15, 0.2) is 0 Å². The van der Waals surface area contributed by atoms with Gasteiger partial charge in [-0.1, -0.05) is 24.6 Å². The average molecular weight is 282 g/mol. The Morgan fingerprint density at radius 3 is 2.79 bits per heavy atom. The molecule has 1 aliphatic rings. The molecule has 5 heteroatoms. The normalized spacial score (nSPS) is 17.4. The number of piperidine rings is 1. The summed E-state index contributed by atoms with van der Waals surface area (Å²) in [6.07, 6.45) is 1.97. The quantitative estimate of drug-likeness (QED) is 0.835. The predicted octanol–water partition coefficient (Wildman–Crippen LogP) is 2.14. The smallest absolute Gasteiger partial charge is 0.253 e. The van der Waals surface area contributed by atoms with Crippen molar-refractivity contribution < 1.29 is 4.79 Å². The highest BCUT2D eigenvalue weighted by atomic mass is 35.5. The number of carbonyl (C=O) groups is 1. The molecular weight excluding hydrogens is 262 g/mol. The number of halogens is 1. The Labute approximate surface area is 118 Å². The maximum atomic E-state index is 12.2. The number of rotatable bonds is 3. The van der Waals surface area contributed by atoms with Crippen LogP contribution in [0.5, 0.6) is 0 Å². The summed E-state index contributed by atoms with van der Waals surface area (Å²) >= 11 is 5.93. The van der Waals surface area contributed by atoms with Crippen LogP contribution in [-0.4, -0.2) is 36.5 Å². The second kappa shape index (κ2) is 6.26. The van der Waals surface area contributed by atoms with Gasteiger partial charge in [-0.3, -0.25) is 4.79 Å². The van der Waals surface area contributed by atoms with Gasteiger partial charge in [-0.25, -0.2) is 0 Å². The Morgan fingerprint density at radius 2 is 2.16 bits per heavy atom. The molecule has 0 saturated carbocycles. The second-order valence-electron chi connectivity index (χ2n) is 4.88. The molecule has 0 spiro atoms. The topological polar surface area (TPSA) is 58.4 Å². The minimum absolute atomic E-state index is 0.130. The summed E-state index contributed by atoms with van der Waals surface area (Å²) in [7, 11) is 0. The zero-order valence-electron chi connectivity index (χ0n) is 11.2. The molecule has 1 fully saturated rings. The number of para-hydroxylation sites is 1. The first-order chi connectivity index (χ1) is 9.11. The third-order valence-electron chi connectivity index (χ3n) is 3.67. The van der Waals surface area contributed by atoms with E-state index in [2.05, 4.69) is 17.1 Å². The predicted molar refractivity (Wildman–Crippen MR) is 78.5 cm³/mol. The van der Waals surface area contributed by atoms with Crippen LogP contribution in [0.1, 0.15) is 30.1 Å². The third kappa shape index (κ3) is 3.39. The van der Waals surface area contributed by atoms with Crippen LogP contribution in [0, 0.1) is 0 Å². The van der Waals surface area contributed by atoms with E-state index in [1.54, 1.807) is 18.2 Å². The zero-order chi connectivity index (χ0) is 13.8. The van der Waals surface area contributed by atoms with Crippen LogP contribution in [0.4, 0.5) is 5.69 Å². The van der Waals surface area contributed by atoms with E-state index >= 15 is 0 Å². The Bertz CT molecular complexity index is 456. The number of carbonyl (C=O) groups excluding carboxylic acids is 1. The van der Waals surface area contributed by atoms with E-state index in [0.717, 1.165) is 32.5 Å². The van der Waals surface area contributed by atoms with Gasteiger partial charge in [-0.15, -0.1) is 0 Å². The van der Waals surface area contributed by atoms with Gasteiger partial charge in [0, 0.05) is 19.1 Å². The van der Waals surface area contributed by atoms with E-state index < -0.39 is 0 Å². The lowest BCUT2D eigenvalue weighted by atomic mass is 10.0. The average Bonchev–Trinajstić information content (AvgIpc) is 2.42. The fourth-order valence-electron chi connectivity index (χ4n) is 2.39. The standard InChI is InChI=1S/C14H20ClN3O/c1-2-18-8-6-10(7-9-18)17-14(19)11-4-3-5-12(15)13(11)16/h3-5,10H,2,6-9,16H2,1H3,(H,17,19). The summed E-state index contributed by atoms with van der Waals surface area (Å²) in [5.41, 5.74) is 6.65. The molecule has 19 heavy (non-hydrogen) atoms. The number of likely N-dealkylation sites (tertiary alicyclic amines) is 1. The van der Waals surface area contributed by atoms with Gasteiger partial charge in [0.05, 0.1) is 16.3 Å². The van der Waals surface area contributed by atoms with Crippen molar-refractivity contribution in [3.63, 3.8) is 0 Å². The Kier molecular flexibility index (Phi) is 4.66. The molecule has 0 radical (unpaired) electrons. The number of hydrogen-bond acceptors (Lipinski definition) is 3. The molecule has 0 unspecified atom stereocenters. The molecule has 2 rings (SSSR count). The third-order valence-corrected chi connectivity index (χ3v) is 4.00. The van der Waals surface area contributed by atoms with Crippen LogP contribution < -0.4 is 11.1 Å². The first-order valence-corrected chi connectivity index (χ1v) is 7.06. The summed E-state index contributed by atoms with van der Waals surface area (Å²) in [5, 5.41) is 3.47. The zero-order valence-corrected chi connectivity index (χ0v) is 11.9. The molecule has 1 aromatic carbocycles. The van der Waals surface area contributed by atoms with Crippen LogP contribution in [0.2, 0.25) is 5.02 Å². The van der Waals surface area contributed by atoms with Crippen molar-refractivity contribution in [1.82, 2.24) is 10.2 Å². The SMILES string of the molecule is CCN1CCC(NC(=O)c2cccc(Cl)c2N)CC1. The number of anilines is 1. The van der Waals surface area contributed by atoms with Crippen LogP contribution in [0.3, 0.4) is 0 Å². The van der Waals surface area contributed by atoms with E-state index in [-0.39, 0.29) is 11.9 Å². The van der Waals surface area contributed by atoms with Gasteiger partial charge in [0.25, 0.3) is 5.91 Å². The maximum Gasteiger partial charge on any atom is 0.253 e. The monoisotopic (exact) mass is 281 g/mol. The maximum absolute atomic E-state index is 12.2. The van der Waals surface area contributed by atoms with Crippen molar-refractivity contribution in [2.45, 2.75) is 25.8 Å². The molecule has 1 aromatic rings. The van der Waals surface area contributed by atoms with E-state index in [0.29, 0.717) is 16.3 Å². The molecule has 0 bridgehead atoms. The van der Waals surface area contributed by atoms with E-state index in [1.807, 2.05) is 0 Å². The van der Waals surface area contributed by atoms with Crippen molar-refractivity contribution in [2.24, 2.45) is 0 Å². The fourth-order valence-corrected chi connectivity index (χ4v) is 2.57. The molecule has 1 saturated heterocycles. The van der Waals surface area contributed by atoms with E-state index in [4.69, 9.17) is 17.3 Å². The molecular formula is C14H20ClN3O. The van der Waals surface area contributed by atoms with Crippen molar-refractivity contribution >= 4 is 23.2 Å². The molecule has 4 nitrogen and oxygen atoms in total. The Balaban J connectivity index is 1.96. The summed E-state index contributed by atoms with van der Waals surface area (Å²) in [4.78, 5) is 14.6. The van der Waals surface area contributed by atoms with E-state index in [1.165, 1.54) is 0 Å². The lowest BCUT2D eigenvalue weighted by Crippen LogP contribution is -2.44. The first-order valence-electron chi connectivity index (χ1n) is 6.69. The summed E-state index contributed by atoms with van der Waals surface area (Å²) in [6.45, 7) is 5.30. The number of hydrogen-bond donors (Lipinski definition) is 2. The van der Waals surface area contributed by atoms with Crippen LogP contribution in [-0.2, 0) is 0 Å². The van der Waals surface area contributed by atoms with E-state index in [9.17, 15) is 4.79 Å². The Hall–Kier alpha value is -1.26. The summed E-state index contributed by atoms with van der Waals surface area (Å²) in [6, 6.07) is 5.37. The highest BCUT2D eigenvalue weighted by Crippen LogP contribution is 2.22.